The Kier molecular flexibility index (Phi) is 5.83. The van der Waals surface area contributed by atoms with Gasteiger partial charge in [0.2, 0.25) is 5.91 Å². The fourth-order valence-electron chi connectivity index (χ4n) is 4.81. The topological polar surface area (TPSA) is 66.1 Å². The summed E-state index contributed by atoms with van der Waals surface area (Å²) in [6.45, 7) is 1.13. The van der Waals surface area contributed by atoms with Crippen molar-refractivity contribution in [3.8, 4) is 11.3 Å². The van der Waals surface area contributed by atoms with E-state index in [1.807, 2.05) is 41.3 Å². The Labute approximate surface area is 192 Å². The molecule has 2 aromatic carbocycles. The minimum atomic E-state index is 0.0141. The molecular weight excluding hydrogens is 422 g/mol. The van der Waals surface area contributed by atoms with E-state index in [-0.39, 0.29) is 24.5 Å². The van der Waals surface area contributed by atoms with E-state index in [1.165, 1.54) is 24.0 Å². The van der Waals surface area contributed by atoms with Crippen LogP contribution in [0.25, 0.3) is 11.3 Å². The third-order valence-electron chi connectivity index (χ3n) is 6.62. The third kappa shape index (κ3) is 4.22. The van der Waals surface area contributed by atoms with Crippen LogP contribution in [0.3, 0.4) is 0 Å². The number of hydrogen-bond acceptors (Lipinski definition) is 3. The van der Waals surface area contributed by atoms with Crippen LogP contribution in [0, 0.1) is 0 Å². The molecule has 0 atom stereocenters. The van der Waals surface area contributed by atoms with E-state index in [0.717, 1.165) is 47.3 Å². The second kappa shape index (κ2) is 8.91. The SMILES string of the molecule is O=C(CCC(=O)N1CCc2[nH]nc(-c3cccc(Cl)c3)c2C1)c1ccc2c(c1)CCCC2. The van der Waals surface area contributed by atoms with Gasteiger partial charge in [-0.1, -0.05) is 35.9 Å². The molecule has 5 rings (SSSR count). The molecule has 0 fully saturated rings. The number of H-pyrrole nitrogens is 1. The Bertz CT molecular complexity index is 1180. The maximum atomic E-state index is 12.9. The van der Waals surface area contributed by atoms with Gasteiger partial charge in [-0.15, -0.1) is 0 Å². The Balaban J connectivity index is 1.24. The molecule has 0 spiro atoms. The number of Topliss-reactive ketones (excluding diaryl/α,β-unsaturated/α-hetero) is 1. The number of carbonyl (C=O) groups excluding carboxylic acids is 2. The van der Waals surface area contributed by atoms with Gasteiger partial charge in [0.15, 0.2) is 5.78 Å². The first kappa shape index (κ1) is 21.0. The number of hydrogen-bond donors (Lipinski definition) is 1. The minimum absolute atomic E-state index is 0.0141. The van der Waals surface area contributed by atoms with Crippen LogP contribution in [0.4, 0.5) is 0 Å². The number of carbonyl (C=O) groups is 2. The highest BCUT2D eigenvalue weighted by Gasteiger charge is 2.26. The lowest BCUT2D eigenvalue weighted by molar-refractivity contribution is -0.132. The molecule has 6 heteroatoms. The van der Waals surface area contributed by atoms with E-state index in [1.54, 1.807) is 0 Å². The first-order chi connectivity index (χ1) is 15.6. The van der Waals surface area contributed by atoms with E-state index in [0.29, 0.717) is 18.1 Å². The number of aryl methyl sites for hydroxylation is 2. The van der Waals surface area contributed by atoms with Crippen LogP contribution in [-0.2, 0) is 30.6 Å². The highest BCUT2D eigenvalue weighted by molar-refractivity contribution is 6.30. The predicted molar refractivity (Wildman–Crippen MR) is 125 cm³/mol. The van der Waals surface area contributed by atoms with E-state index < -0.39 is 0 Å². The molecule has 1 aromatic heterocycles. The number of amides is 1. The largest absolute Gasteiger partial charge is 0.338 e. The summed E-state index contributed by atoms with van der Waals surface area (Å²) in [6.07, 6.45) is 5.76. The van der Waals surface area contributed by atoms with Gasteiger partial charge >= 0.3 is 0 Å². The predicted octanol–water partition coefficient (Wildman–Crippen LogP) is 5.16. The zero-order valence-corrected chi connectivity index (χ0v) is 18.8. The number of rotatable bonds is 5. The van der Waals surface area contributed by atoms with Gasteiger partial charge in [0.05, 0.1) is 5.69 Å². The maximum Gasteiger partial charge on any atom is 0.223 e. The molecule has 0 saturated carbocycles. The fraction of sp³-hybridized carbons (Fsp3) is 0.346. The van der Waals surface area contributed by atoms with Crippen LogP contribution >= 0.6 is 11.6 Å². The van der Waals surface area contributed by atoms with E-state index >= 15 is 0 Å². The Morgan fingerprint density at radius 2 is 1.84 bits per heavy atom. The van der Waals surface area contributed by atoms with Crippen LogP contribution in [0.5, 0.6) is 0 Å². The molecule has 0 saturated heterocycles. The van der Waals surface area contributed by atoms with Crippen molar-refractivity contribution >= 4 is 23.3 Å². The number of fused-ring (bicyclic) bond motifs is 2. The molecule has 0 radical (unpaired) electrons. The average Bonchev–Trinajstić information content (AvgIpc) is 3.25. The van der Waals surface area contributed by atoms with Crippen LogP contribution in [0.1, 0.15) is 58.4 Å². The summed E-state index contributed by atoms with van der Waals surface area (Å²) in [5.41, 5.74) is 7.27. The average molecular weight is 448 g/mol. The van der Waals surface area contributed by atoms with E-state index in [9.17, 15) is 9.59 Å². The first-order valence-electron chi connectivity index (χ1n) is 11.3. The number of benzene rings is 2. The van der Waals surface area contributed by atoms with Crippen molar-refractivity contribution in [1.29, 1.82) is 0 Å². The van der Waals surface area contributed by atoms with Crippen molar-refractivity contribution in [2.45, 2.75) is 51.5 Å². The van der Waals surface area contributed by atoms with Crippen LogP contribution in [-0.4, -0.2) is 33.3 Å². The van der Waals surface area contributed by atoms with Crippen molar-refractivity contribution in [3.05, 3.63) is 75.4 Å². The molecule has 1 N–H and O–H groups in total. The van der Waals surface area contributed by atoms with Crippen molar-refractivity contribution in [1.82, 2.24) is 15.1 Å². The number of nitrogens with zero attached hydrogens (tertiary/aromatic N) is 2. The molecule has 1 aliphatic carbocycles. The zero-order chi connectivity index (χ0) is 22.1. The van der Waals surface area contributed by atoms with Crippen LogP contribution in [0.2, 0.25) is 5.02 Å². The number of aromatic nitrogens is 2. The lowest BCUT2D eigenvalue weighted by Crippen LogP contribution is -2.36. The molecule has 3 aromatic rings. The van der Waals surface area contributed by atoms with Gasteiger partial charge in [-0.2, -0.15) is 5.10 Å². The number of halogens is 1. The minimum Gasteiger partial charge on any atom is -0.338 e. The second-order valence-electron chi connectivity index (χ2n) is 8.72. The Morgan fingerprint density at radius 1 is 1.00 bits per heavy atom. The number of aromatic amines is 1. The molecule has 0 unspecified atom stereocenters. The fourth-order valence-corrected chi connectivity index (χ4v) is 5.00. The normalized spacial score (nSPS) is 15.2. The summed E-state index contributed by atoms with van der Waals surface area (Å²) in [5.74, 6) is 0.0625. The summed E-state index contributed by atoms with van der Waals surface area (Å²) in [6, 6.07) is 13.6. The van der Waals surface area contributed by atoms with Gasteiger partial charge in [0, 0.05) is 59.8 Å². The van der Waals surface area contributed by atoms with Gasteiger partial charge in [0.25, 0.3) is 0 Å². The molecule has 32 heavy (non-hydrogen) atoms. The first-order valence-corrected chi connectivity index (χ1v) is 11.7. The highest BCUT2D eigenvalue weighted by Crippen LogP contribution is 2.30. The standard InChI is InChI=1S/C26H26ClN3O2/c27-21-7-3-6-20(15-21)26-22-16-30(13-12-23(22)28-29-26)25(32)11-10-24(31)19-9-8-17-4-1-2-5-18(17)14-19/h3,6-9,14-15H,1-2,4-5,10-13,16H2,(H,28,29). The summed E-state index contributed by atoms with van der Waals surface area (Å²) >= 11 is 6.15. The lowest BCUT2D eigenvalue weighted by atomic mass is 9.89. The third-order valence-corrected chi connectivity index (χ3v) is 6.86. The summed E-state index contributed by atoms with van der Waals surface area (Å²) in [5, 5.41) is 8.25. The monoisotopic (exact) mass is 447 g/mol. The quantitative estimate of drug-likeness (QED) is 0.549. The summed E-state index contributed by atoms with van der Waals surface area (Å²) < 4.78 is 0. The summed E-state index contributed by atoms with van der Waals surface area (Å²) in [4.78, 5) is 27.5. The number of ketones is 1. The maximum absolute atomic E-state index is 12.9. The van der Waals surface area contributed by atoms with Gasteiger partial charge in [-0.25, -0.2) is 0 Å². The smallest absolute Gasteiger partial charge is 0.223 e. The molecule has 2 aliphatic rings. The van der Waals surface area contributed by atoms with Crippen molar-refractivity contribution in [3.63, 3.8) is 0 Å². The molecule has 5 nitrogen and oxygen atoms in total. The zero-order valence-electron chi connectivity index (χ0n) is 18.0. The van der Waals surface area contributed by atoms with E-state index in [4.69, 9.17) is 11.6 Å². The van der Waals surface area contributed by atoms with Crippen molar-refractivity contribution in [2.75, 3.05) is 6.54 Å². The second-order valence-corrected chi connectivity index (χ2v) is 9.16. The molecule has 0 bridgehead atoms. The molecule has 1 amide bonds. The Hall–Kier alpha value is -2.92. The van der Waals surface area contributed by atoms with Gasteiger partial charge < -0.3 is 4.90 Å². The van der Waals surface area contributed by atoms with Gasteiger partial charge in [-0.05, 0) is 55.0 Å². The van der Waals surface area contributed by atoms with Crippen LogP contribution < -0.4 is 0 Å². The molecular formula is C26H26ClN3O2. The van der Waals surface area contributed by atoms with Crippen molar-refractivity contribution in [2.24, 2.45) is 0 Å². The summed E-state index contributed by atoms with van der Waals surface area (Å²) in [7, 11) is 0. The highest BCUT2D eigenvalue weighted by atomic mass is 35.5. The lowest BCUT2D eigenvalue weighted by Gasteiger charge is -2.27. The van der Waals surface area contributed by atoms with E-state index in [2.05, 4.69) is 16.3 Å². The Morgan fingerprint density at radius 3 is 2.69 bits per heavy atom. The number of nitrogens with one attached hydrogen (secondary N) is 1. The van der Waals surface area contributed by atoms with Gasteiger partial charge in [-0.3, -0.25) is 14.7 Å². The molecule has 1 aliphatic heterocycles. The van der Waals surface area contributed by atoms with Gasteiger partial charge in [0.1, 0.15) is 0 Å². The molecule has 2 heterocycles. The van der Waals surface area contributed by atoms with Crippen molar-refractivity contribution < 1.29 is 9.59 Å². The molecule has 164 valence electrons. The van der Waals surface area contributed by atoms with Crippen LogP contribution in [0.15, 0.2) is 42.5 Å².